The Hall–Kier alpha value is -4.11. The molecule has 166 valence electrons. The van der Waals surface area contributed by atoms with Gasteiger partial charge in [0.05, 0.1) is 11.4 Å². The van der Waals surface area contributed by atoms with Crippen molar-refractivity contribution in [2.75, 3.05) is 5.32 Å². The number of anilines is 1. The summed E-state index contributed by atoms with van der Waals surface area (Å²) in [4.78, 5) is 41.9. The lowest BCUT2D eigenvalue weighted by Gasteiger charge is -2.14. The van der Waals surface area contributed by atoms with Gasteiger partial charge in [-0.3, -0.25) is 14.9 Å². The van der Waals surface area contributed by atoms with E-state index in [4.69, 9.17) is 4.74 Å². The maximum atomic E-state index is 12.6. The van der Waals surface area contributed by atoms with Crippen LogP contribution in [0.5, 0.6) is 0 Å². The standard InChI is InChI=1S/C24H20N4O4S/c1-15-13-20(29)21(27-28(15)18-11-7-4-8-12-18)23(31)32-16(2)22(30)26-24-25-19(14-33-24)17-9-5-3-6-10-17/h3-14,16H,1-2H3,(H,25,26,30). The molecule has 1 atom stereocenters. The van der Waals surface area contributed by atoms with E-state index in [-0.39, 0.29) is 0 Å². The fourth-order valence-corrected chi connectivity index (χ4v) is 3.79. The third-order valence-electron chi connectivity index (χ3n) is 4.76. The topological polar surface area (TPSA) is 103 Å². The molecule has 0 bridgehead atoms. The van der Waals surface area contributed by atoms with Gasteiger partial charge in [-0.25, -0.2) is 14.5 Å². The van der Waals surface area contributed by atoms with E-state index in [1.54, 1.807) is 19.1 Å². The fourth-order valence-electron chi connectivity index (χ4n) is 3.07. The highest BCUT2D eigenvalue weighted by Crippen LogP contribution is 2.24. The Kier molecular flexibility index (Phi) is 6.41. The van der Waals surface area contributed by atoms with Crippen molar-refractivity contribution in [3.05, 3.63) is 93.7 Å². The zero-order valence-corrected chi connectivity index (χ0v) is 18.7. The quantitative estimate of drug-likeness (QED) is 0.439. The highest BCUT2D eigenvalue weighted by molar-refractivity contribution is 7.14. The van der Waals surface area contributed by atoms with Gasteiger partial charge in [0, 0.05) is 22.7 Å². The summed E-state index contributed by atoms with van der Waals surface area (Å²) in [6, 6.07) is 19.9. The highest BCUT2D eigenvalue weighted by atomic mass is 32.1. The molecule has 9 heteroatoms. The Morgan fingerprint density at radius 3 is 2.42 bits per heavy atom. The molecule has 2 heterocycles. The van der Waals surface area contributed by atoms with Crippen LogP contribution in [-0.4, -0.2) is 32.7 Å². The third kappa shape index (κ3) is 5.04. The summed E-state index contributed by atoms with van der Waals surface area (Å²) in [5.74, 6) is -1.54. The predicted octanol–water partition coefficient (Wildman–Crippen LogP) is 3.85. The SMILES string of the molecule is Cc1cc(=O)c(C(=O)OC(C)C(=O)Nc2nc(-c3ccccc3)cs2)nn1-c1ccccc1. The molecule has 1 N–H and O–H groups in total. The summed E-state index contributed by atoms with van der Waals surface area (Å²) in [5.41, 5.74) is 1.92. The van der Waals surface area contributed by atoms with Gasteiger partial charge in [0.2, 0.25) is 11.1 Å². The molecule has 0 aliphatic carbocycles. The van der Waals surface area contributed by atoms with Gasteiger partial charge in [-0.05, 0) is 26.0 Å². The number of thiazole rings is 1. The van der Waals surface area contributed by atoms with Crippen molar-refractivity contribution in [1.29, 1.82) is 0 Å². The Bertz CT molecular complexity index is 1350. The fraction of sp³-hybridized carbons (Fsp3) is 0.125. The van der Waals surface area contributed by atoms with Crippen molar-refractivity contribution >= 4 is 28.3 Å². The molecule has 0 aliphatic rings. The smallest absolute Gasteiger partial charge is 0.363 e. The molecule has 4 aromatic rings. The van der Waals surface area contributed by atoms with Crippen LogP contribution in [0.25, 0.3) is 16.9 Å². The van der Waals surface area contributed by atoms with E-state index in [9.17, 15) is 14.4 Å². The normalized spacial score (nSPS) is 11.6. The molecule has 0 spiro atoms. The second-order valence-corrected chi connectivity index (χ2v) is 8.04. The van der Waals surface area contributed by atoms with Crippen LogP contribution in [0, 0.1) is 6.92 Å². The molecule has 0 radical (unpaired) electrons. The predicted molar refractivity (Wildman–Crippen MR) is 126 cm³/mol. The van der Waals surface area contributed by atoms with Crippen LogP contribution in [0.15, 0.2) is 76.9 Å². The average Bonchev–Trinajstić information content (AvgIpc) is 3.28. The second-order valence-electron chi connectivity index (χ2n) is 7.19. The monoisotopic (exact) mass is 460 g/mol. The number of carbonyl (C=O) groups excluding carboxylic acids is 2. The minimum Gasteiger partial charge on any atom is -0.448 e. The zero-order valence-electron chi connectivity index (χ0n) is 17.9. The third-order valence-corrected chi connectivity index (χ3v) is 5.52. The van der Waals surface area contributed by atoms with Gasteiger partial charge < -0.3 is 4.74 Å². The minimum atomic E-state index is -1.16. The van der Waals surface area contributed by atoms with Gasteiger partial charge in [0.15, 0.2) is 11.2 Å². The van der Waals surface area contributed by atoms with Gasteiger partial charge in [-0.2, -0.15) is 5.10 Å². The van der Waals surface area contributed by atoms with Crippen LogP contribution >= 0.6 is 11.3 Å². The molecule has 0 saturated carbocycles. The minimum absolute atomic E-state index is 0.377. The number of amides is 1. The lowest BCUT2D eigenvalue weighted by molar-refractivity contribution is -0.123. The van der Waals surface area contributed by atoms with E-state index >= 15 is 0 Å². The Morgan fingerprint density at radius 1 is 1.06 bits per heavy atom. The first-order valence-electron chi connectivity index (χ1n) is 10.1. The molecule has 33 heavy (non-hydrogen) atoms. The highest BCUT2D eigenvalue weighted by Gasteiger charge is 2.24. The van der Waals surface area contributed by atoms with Crippen LogP contribution in [0.1, 0.15) is 23.1 Å². The van der Waals surface area contributed by atoms with Gasteiger partial charge >= 0.3 is 5.97 Å². The number of nitrogens with one attached hydrogen (secondary N) is 1. The first-order valence-corrected chi connectivity index (χ1v) is 11.0. The van der Waals surface area contributed by atoms with E-state index in [0.717, 1.165) is 11.3 Å². The van der Waals surface area contributed by atoms with Crippen LogP contribution in [-0.2, 0) is 9.53 Å². The largest absolute Gasteiger partial charge is 0.448 e. The van der Waals surface area contributed by atoms with E-state index < -0.39 is 29.1 Å². The molecule has 8 nitrogen and oxygen atoms in total. The summed E-state index contributed by atoms with van der Waals surface area (Å²) < 4.78 is 6.70. The van der Waals surface area contributed by atoms with Crippen LogP contribution < -0.4 is 10.7 Å². The molecular formula is C24H20N4O4S. The molecule has 0 fully saturated rings. The lowest BCUT2D eigenvalue weighted by atomic mass is 10.2. The van der Waals surface area contributed by atoms with Gasteiger partial charge in [0.25, 0.3) is 5.91 Å². The van der Waals surface area contributed by atoms with Crippen molar-refractivity contribution in [3.63, 3.8) is 0 Å². The van der Waals surface area contributed by atoms with Crippen LogP contribution in [0.4, 0.5) is 5.13 Å². The zero-order chi connectivity index (χ0) is 23.4. The van der Waals surface area contributed by atoms with Gasteiger partial charge in [0.1, 0.15) is 0 Å². The number of benzene rings is 2. The number of rotatable bonds is 6. The summed E-state index contributed by atoms with van der Waals surface area (Å²) in [5, 5.41) is 9.00. The van der Waals surface area contributed by atoms with E-state index in [1.165, 1.54) is 29.0 Å². The Balaban J connectivity index is 1.46. The number of aromatic nitrogens is 3. The Morgan fingerprint density at radius 2 is 1.73 bits per heavy atom. The molecule has 1 amide bonds. The van der Waals surface area contributed by atoms with Gasteiger partial charge in [-0.1, -0.05) is 48.5 Å². The lowest BCUT2D eigenvalue weighted by Crippen LogP contribution is -2.32. The number of carbonyl (C=O) groups is 2. The summed E-state index contributed by atoms with van der Waals surface area (Å²) in [6.07, 6.45) is -1.16. The maximum Gasteiger partial charge on any atom is 0.363 e. The average molecular weight is 461 g/mol. The molecule has 0 aliphatic heterocycles. The molecule has 2 aromatic carbocycles. The van der Waals surface area contributed by atoms with Crippen molar-refractivity contribution in [3.8, 4) is 16.9 Å². The van der Waals surface area contributed by atoms with Crippen molar-refractivity contribution in [1.82, 2.24) is 14.8 Å². The van der Waals surface area contributed by atoms with Crippen molar-refractivity contribution in [2.45, 2.75) is 20.0 Å². The number of esters is 1. The molecular weight excluding hydrogens is 440 g/mol. The van der Waals surface area contributed by atoms with Crippen LogP contribution in [0.3, 0.4) is 0 Å². The molecule has 1 unspecified atom stereocenters. The number of nitrogens with zero attached hydrogens (tertiary/aromatic N) is 3. The number of aryl methyl sites for hydroxylation is 1. The van der Waals surface area contributed by atoms with E-state index in [1.807, 2.05) is 53.9 Å². The van der Waals surface area contributed by atoms with Gasteiger partial charge in [-0.15, -0.1) is 11.3 Å². The van der Waals surface area contributed by atoms with E-state index in [0.29, 0.717) is 16.5 Å². The maximum absolute atomic E-state index is 12.6. The van der Waals surface area contributed by atoms with Crippen molar-refractivity contribution in [2.24, 2.45) is 0 Å². The molecule has 2 aromatic heterocycles. The second kappa shape index (κ2) is 9.58. The molecule has 4 rings (SSSR count). The number of hydrogen-bond acceptors (Lipinski definition) is 7. The number of hydrogen-bond donors (Lipinski definition) is 1. The first-order chi connectivity index (χ1) is 15.9. The van der Waals surface area contributed by atoms with Crippen molar-refractivity contribution < 1.29 is 14.3 Å². The number of para-hydroxylation sites is 1. The summed E-state index contributed by atoms with van der Waals surface area (Å²) in [6.45, 7) is 3.13. The Labute approximate surface area is 193 Å². The van der Waals surface area contributed by atoms with Crippen LogP contribution in [0.2, 0.25) is 0 Å². The first kappa shape index (κ1) is 22.1. The summed E-state index contributed by atoms with van der Waals surface area (Å²) >= 11 is 1.26. The van der Waals surface area contributed by atoms with E-state index in [2.05, 4.69) is 15.4 Å². The summed E-state index contributed by atoms with van der Waals surface area (Å²) in [7, 11) is 0. The number of ether oxygens (including phenoxy) is 1. The molecule has 0 saturated heterocycles.